The number of carbonyl (C=O) groups is 1. The fourth-order valence-corrected chi connectivity index (χ4v) is 4.84. The third-order valence-electron chi connectivity index (χ3n) is 5.60. The largest absolute Gasteiger partial charge is 0.328 e. The lowest BCUT2D eigenvalue weighted by molar-refractivity contribution is -0.121. The summed E-state index contributed by atoms with van der Waals surface area (Å²) in [4.78, 5) is 10.9. The highest BCUT2D eigenvalue weighted by Crippen LogP contribution is 2.41. The van der Waals surface area contributed by atoms with Crippen molar-refractivity contribution in [2.45, 2.75) is 77.7 Å². The molecular formula is C17H31NO. The van der Waals surface area contributed by atoms with Gasteiger partial charge in [0.05, 0.1) is 0 Å². The third kappa shape index (κ3) is 3.81. The fourth-order valence-electron chi connectivity index (χ4n) is 4.84. The zero-order valence-corrected chi connectivity index (χ0v) is 11.4. The molecule has 0 saturated heterocycles. The van der Waals surface area contributed by atoms with Crippen molar-refractivity contribution in [3.05, 3.63) is 0 Å². The molecule has 19 heavy (non-hydrogen) atoms. The summed E-state index contributed by atoms with van der Waals surface area (Å²) in [5.74, 6) is 4.12. The van der Waals surface area contributed by atoms with Gasteiger partial charge in [0, 0.05) is 18.9 Å². The van der Waals surface area contributed by atoms with Crippen LogP contribution < -0.4 is 5.73 Å². The van der Waals surface area contributed by atoms with E-state index in [2.05, 4.69) is 0 Å². The van der Waals surface area contributed by atoms with Gasteiger partial charge in [-0.1, -0.05) is 20.3 Å². The summed E-state index contributed by atoms with van der Waals surface area (Å²) in [5, 5.41) is 0. The molecule has 0 aromatic carbocycles. The summed E-state index contributed by atoms with van der Waals surface area (Å²) in [5.41, 5.74) is 5.86. The summed E-state index contributed by atoms with van der Waals surface area (Å²) < 4.78 is 0. The first-order valence-electron chi connectivity index (χ1n) is 7.96. The number of nitrogens with two attached hydrogens (primary N) is 1. The molecule has 0 aromatic heterocycles. The van der Waals surface area contributed by atoms with Gasteiger partial charge in [-0.15, -0.1) is 0 Å². The minimum atomic E-state index is 0. The van der Waals surface area contributed by atoms with Crippen LogP contribution in [-0.2, 0) is 4.79 Å². The molecule has 0 heterocycles. The number of Topliss-reactive ketones (excluding diaryl/α,β-unsaturated/α-hetero) is 1. The number of carbonyl (C=O) groups excluding carboxylic acids is 1. The topological polar surface area (TPSA) is 43.1 Å². The molecule has 0 spiro atoms. The molecule has 110 valence electrons. The Morgan fingerprint density at radius 2 is 1.16 bits per heavy atom. The SMILES string of the molecule is C.NC1C[C@H]2CC[C@@H](C1)C2.O=C1C[C@H]2CC[C@@H](C1)C2. The smallest absolute Gasteiger partial charge is 0.133 e. The predicted molar refractivity (Wildman–Crippen MR) is 79.8 cm³/mol. The van der Waals surface area contributed by atoms with Gasteiger partial charge in [-0.25, -0.2) is 0 Å². The van der Waals surface area contributed by atoms with Crippen molar-refractivity contribution in [1.29, 1.82) is 0 Å². The molecule has 4 rings (SSSR count). The molecule has 0 aromatic rings. The molecule has 4 bridgehead atoms. The van der Waals surface area contributed by atoms with E-state index in [1.54, 1.807) is 0 Å². The van der Waals surface area contributed by atoms with E-state index in [4.69, 9.17) is 5.73 Å². The number of hydrogen-bond donors (Lipinski definition) is 1. The van der Waals surface area contributed by atoms with Crippen molar-refractivity contribution >= 4 is 5.78 Å². The molecule has 0 radical (unpaired) electrons. The molecule has 4 aliphatic rings. The van der Waals surface area contributed by atoms with Crippen molar-refractivity contribution in [2.24, 2.45) is 29.4 Å². The number of rotatable bonds is 0. The predicted octanol–water partition coefficient (Wildman–Crippen LogP) is 3.93. The third-order valence-corrected chi connectivity index (χ3v) is 5.60. The van der Waals surface area contributed by atoms with Crippen LogP contribution in [0.25, 0.3) is 0 Å². The zero-order valence-electron chi connectivity index (χ0n) is 11.4. The van der Waals surface area contributed by atoms with Crippen molar-refractivity contribution in [2.75, 3.05) is 0 Å². The normalized spacial score (nSPS) is 43.2. The minimum absolute atomic E-state index is 0. The standard InChI is InChI=1S/C8H15N.C8H12O.CH4/c2*9-8-4-6-1-2-7(3-6)5-8;/h6-8H,1-5,9H2;6-7H,1-5H2;1H4/t6-,7+,8?;6-,7+;. The van der Waals surface area contributed by atoms with Crippen LogP contribution in [0.5, 0.6) is 0 Å². The lowest BCUT2D eigenvalue weighted by Crippen LogP contribution is -2.28. The average molecular weight is 265 g/mol. The molecule has 2 N–H and O–H groups in total. The van der Waals surface area contributed by atoms with Gasteiger partial charge < -0.3 is 5.73 Å². The quantitative estimate of drug-likeness (QED) is 0.721. The van der Waals surface area contributed by atoms with E-state index in [9.17, 15) is 4.79 Å². The number of ketones is 1. The Hall–Kier alpha value is -0.370. The van der Waals surface area contributed by atoms with Gasteiger partial charge in [0.25, 0.3) is 0 Å². The lowest BCUT2D eigenvalue weighted by Gasteiger charge is -2.23. The van der Waals surface area contributed by atoms with E-state index in [0.717, 1.165) is 36.5 Å². The van der Waals surface area contributed by atoms with Gasteiger partial charge in [-0.2, -0.15) is 0 Å². The van der Waals surface area contributed by atoms with E-state index in [1.165, 1.54) is 51.4 Å². The Morgan fingerprint density at radius 1 is 0.737 bits per heavy atom. The summed E-state index contributed by atoms with van der Waals surface area (Å²) in [7, 11) is 0. The van der Waals surface area contributed by atoms with Crippen LogP contribution >= 0.6 is 0 Å². The van der Waals surface area contributed by atoms with Crippen LogP contribution in [0.15, 0.2) is 0 Å². The van der Waals surface area contributed by atoms with E-state index >= 15 is 0 Å². The molecular weight excluding hydrogens is 234 g/mol. The Kier molecular flexibility index (Phi) is 5.05. The van der Waals surface area contributed by atoms with Crippen LogP contribution in [0.3, 0.4) is 0 Å². The second-order valence-electron chi connectivity index (χ2n) is 7.27. The maximum absolute atomic E-state index is 10.9. The minimum Gasteiger partial charge on any atom is -0.328 e. The van der Waals surface area contributed by atoms with Crippen LogP contribution in [0, 0.1) is 23.7 Å². The van der Waals surface area contributed by atoms with Gasteiger partial charge in [0.1, 0.15) is 5.78 Å². The Balaban J connectivity index is 0.000000133. The molecule has 4 saturated carbocycles. The molecule has 5 atom stereocenters. The van der Waals surface area contributed by atoms with E-state index in [0.29, 0.717) is 11.8 Å². The fraction of sp³-hybridized carbons (Fsp3) is 0.941. The highest BCUT2D eigenvalue weighted by atomic mass is 16.1. The maximum atomic E-state index is 10.9. The summed E-state index contributed by atoms with van der Waals surface area (Å²) >= 11 is 0. The Morgan fingerprint density at radius 3 is 1.68 bits per heavy atom. The highest BCUT2D eigenvalue weighted by Gasteiger charge is 2.33. The first-order chi connectivity index (χ1) is 8.69. The lowest BCUT2D eigenvalue weighted by atomic mass is 9.86. The first-order valence-corrected chi connectivity index (χ1v) is 7.96. The molecule has 2 heteroatoms. The molecule has 4 fully saturated rings. The summed E-state index contributed by atoms with van der Waals surface area (Å²) in [6, 6.07) is 0.552. The van der Waals surface area contributed by atoms with E-state index in [-0.39, 0.29) is 7.43 Å². The van der Waals surface area contributed by atoms with Gasteiger partial charge >= 0.3 is 0 Å². The Labute approximate surface area is 118 Å². The van der Waals surface area contributed by atoms with Crippen LogP contribution in [0.1, 0.15) is 71.6 Å². The molecule has 0 amide bonds. The van der Waals surface area contributed by atoms with Gasteiger partial charge in [0.15, 0.2) is 0 Å². The van der Waals surface area contributed by atoms with Crippen molar-refractivity contribution < 1.29 is 4.79 Å². The second kappa shape index (κ2) is 6.39. The van der Waals surface area contributed by atoms with Gasteiger partial charge in [-0.3, -0.25) is 4.79 Å². The van der Waals surface area contributed by atoms with Crippen molar-refractivity contribution in [3.63, 3.8) is 0 Å². The van der Waals surface area contributed by atoms with Gasteiger partial charge in [-0.05, 0) is 62.2 Å². The first kappa shape index (κ1) is 15.0. The van der Waals surface area contributed by atoms with Crippen molar-refractivity contribution in [1.82, 2.24) is 0 Å². The summed E-state index contributed by atoms with van der Waals surface area (Å²) in [6.07, 6.45) is 12.9. The average Bonchev–Trinajstić information content (AvgIpc) is 2.83. The Bertz CT molecular complexity index is 288. The number of hydrogen-bond acceptors (Lipinski definition) is 2. The van der Waals surface area contributed by atoms with Crippen LogP contribution in [-0.4, -0.2) is 11.8 Å². The van der Waals surface area contributed by atoms with Gasteiger partial charge in [0.2, 0.25) is 0 Å². The van der Waals surface area contributed by atoms with Crippen molar-refractivity contribution in [3.8, 4) is 0 Å². The van der Waals surface area contributed by atoms with Crippen LogP contribution in [0.4, 0.5) is 0 Å². The van der Waals surface area contributed by atoms with E-state index < -0.39 is 0 Å². The monoisotopic (exact) mass is 265 g/mol. The molecule has 4 aliphatic carbocycles. The van der Waals surface area contributed by atoms with Crippen LogP contribution in [0.2, 0.25) is 0 Å². The highest BCUT2D eigenvalue weighted by molar-refractivity contribution is 5.79. The number of fused-ring (bicyclic) bond motifs is 4. The zero-order chi connectivity index (χ0) is 12.5. The summed E-state index contributed by atoms with van der Waals surface area (Å²) in [6.45, 7) is 0. The molecule has 0 aliphatic heterocycles. The maximum Gasteiger partial charge on any atom is 0.133 e. The molecule has 1 unspecified atom stereocenters. The second-order valence-corrected chi connectivity index (χ2v) is 7.27. The molecule has 2 nitrogen and oxygen atoms in total. The van der Waals surface area contributed by atoms with E-state index in [1.807, 2.05) is 0 Å².